The van der Waals surface area contributed by atoms with Crippen molar-refractivity contribution in [1.82, 2.24) is 5.32 Å². The Balaban J connectivity index is 2.38. The van der Waals surface area contributed by atoms with Gasteiger partial charge in [0.05, 0.1) is 6.04 Å². The van der Waals surface area contributed by atoms with Gasteiger partial charge in [-0.1, -0.05) is 62.5 Å². The molecule has 0 aromatic heterocycles. The van der Waals surface area contributed by atoms with Crippen molar-refractivity contribution in [3.8, 4) is 0 Å². The van der Waals surface area contributed by atoms with Crippen LogP contribution in [0.4, 0.5) is 0 Å². The van der Waals surface area contributed by atoms with Gasteiger partial charge in [0.15, 0.2) is 0 Å². The minimum Gasteiger partial charge on any atom is -0.306 e. The van der Waals surface area contributed by atoms with Gasteiger partial charge in [0.2, 0.25) is 0 Å². The van der Waals surface area contributed by atoms with E-state index in [1.165, 1.54) is 11.1 Å². The van der Waals surface area contributed by atoms with Gasteiger partial charge in [0.1, 0.15) is 0 Å². The standard InChI is InChI=1S/C16H16Br2ClN/c1-2-7-20-16(11-3-5-15(19)6-4-11)12-8-13(17)10-14(18)9-12/h3-6,8-10,16,20H,2,7H2,1H3. The summed E-state index contributed by atoms with van der Waals surface area (Å²) in [5.41, 5.74) is 2.44. The number of rotatable bonds is 5. The summed E-state index contributed by atoms with van der Waals surface area (Å²) >= 11 is 13.1. The molecule has 0 radical (unpaired) electrons. The normalized spacial score (nSPS) is 12.4. The van der Waals surface area contributed by atoms with E-state index in [1.54, 1.807) is 0 Å². The van der Waals surface area contributed by atoms with Crippen LogP contribution in [0, 0.1) is 0 Å². The van der Waals surface area contributed by atoms with Crippen LogP contribution in [0.3, 0.4) is 0 Å². The molecular weight excluding hydrogens is 401 g/mol. The number of hydrogen-bond acceptors (Lipinski definition) is 1. The van der Waals surface area contributed by atoms with Gasteiger partial charge in [-0.15, -0.1) is 0 Å². The first-order chi connectivity index (χ1) is 9.60. The first-order valence-corrected chi connectivity index (χ1v) is 8.51. The Hall–Kier alpha value is -0.350. The number of benzene rings is 2. The highest BCUT2D eigenvalue weighted by atomic mass is 79.9. The lowest BCUT2D eigenvalue weighted by Crippen LogP contribution is -2.23. The summed E-state index contributed by atoms with van der Waals surface area (Å²) in [5.74, 6) is 0. The van der Waals surface area contributed by atoms with Crippen LogP contribution >= 0.6 is 43.5 Å². The van der Waals surface area contributed by atoms with Crippen molar-refractivity contribution in [3.63, 3.8) is 0 Å². The Bertz CT molecular complexity index is 549. The van der Waals surface area contributed by atoms with E-state index in [4.69, 9.17) is 11.6 Å². The number of hydrogen-bond donors (Lipinski definition) is 1. The lowest BCUT2D eigenvalue weighted by molar-refractivity contribution is 0.598. The van der Waals surface area contributed by atoms with Crippen LogP contribution in [0.15, 0.2) is 51.4 Å². The van der Waals surface area contributed by atoms with E-state index >= 15 is 0 Å². The Kier molecular flexibility index (Phi) is 6.09. The van der Waals surface area contributed by atoms with Crippen LogP contribution in [0.2, 0.25) is 5.02 Å². The summed E-state index contributed by atoms with van der Waals surface area (Å²) in [6.07, 6.45) is 1.10. The molecule has 0 spiro atoms. The molecule has 1 unspecified atom stereocenters. The lowest BCUT2D eigenvalue weighted by Gasteiger charge is -2.20. The fourth-order valence-corrected chi connectivity index (χ4v) is 3.57. The largest absolute Gasteiger partial charge is 0.306 e. The molecule has 1 N–H and O–H groups in total. The molecule has 0 heterocycles. The minimum absolute atomic E-state index is 0.168. The minimum atomic E-state index is 0.168. The van der Waals surface area contributed by atoms with E-state index in [-0.39, 0.29) is 6.04 Å². The summed E-state index contributed by atoms with van der Waals surface area (Å²) < 4.78 is 2.14. The second-order valence-corrected chi connectivity index (χ2v) is 6.91. The van der Waals surface area contributed by atoms with Gasteiger partial charge in [-0.25, -0.2) is 0 Å². The summed E-state index contributed by atoms with van der Waals surface area (Å²) in [6, 6.07) is 14.5. The fraction of sp³-hybridized carbons (Fsp3) is 0.250. The smallest absolute Gasteiger partial charge is 0.0577 e. The predicted molar refractivity (Wildman–Crippen MR) is 93.4 cm³/mol. The average molecular weight is 418 g/mol. The molecule has 1 atom stereocenters. The Morgan fingerprint density at radius 3 is 2.15 bits per heavy atom. The van der Waals surface area contributed by atoms with Gasteiger partial charge in [0, 0.05) is 14.0 Å². The molecule has 2 aromatic rings. The zero-order valence-electron chi connectivity index (χ0n) is 11.2. The maximum absolute atomic E-state index is 5.98. The average Bonchev–Trinajstić information content (AvgIpc) is 2.40. The van der Waals surface area contributed by atoms with E-state index in [0.717, 1.165) is 26.9 Å². The SMILES string of the molecule is CCCNC(c1ccc(Cl)cc1)c1cc(Br)cc(Br)c1. The van der Waals surface area contributed by atoms with Crippen LogP contribution in [0.1, 0.15) is 30.5 Å². The Morgan fingerprint density at radius 1 is 1.00 bits per heavy atom. The predicted octanol–water partition coefficient (Wildman–Crippen LogP) is 5.95. The van der Waals surface area contributed by atoms with Crippen LogP contribution < -0.4 is 5.32 Å². The highest BCUT2D eigenvalue weighted by molar-refractivity contribution is 9.11. The zero-order valence-corrected chi connectivity index (χ0v) is 15.1. The van der Waals surface area contributed by atoms with Crippen molar-refractivity contribution in [2.45, 2.75) is 19.4 Å². The first-order valence-electron chi connectivity index (χ1n) is 6.55. The third-order valence-electron chi connectivity index (χ3n) is 3.02. The summed E-state index contributed by atoms with van der Waals surface area (Å²) in [4.78, 5) is 0. The maximum Gasteiger partial charge on any atom is 0.0577 e. The molecule has 106 valence electrons. The van der Waals surface area contributed by atoms with Gasteiger partial charge in [-0.3, -0.25) is 0 Å². The van der Waals surface area contributed by atoms with Gasteiger partial charge in [-0.2, -0.15) is 0 Å². The third kappa shape index (κ3) is 4.32. The monoisotopic (exact) mass is 415 g/mol. The molecule has 0 aliphatic rings. The third-order valence-corrected chi connectivity index (χ3v) is 4.19. The molecule has 1 nitrogen and oxygen atoms in total. The van der Waals surface area contributed by atoms with Crippen molar-refractivity contribution in [1.29, 1.82) is 0 Å². The highest BCUT2D eigenvalue weighted by Gasteiger charge is 2.14. The zero-order chi connectivity index (χ0) is 14.5. The summed E-state index contributed by atoms with van der Waals surface area (Å²) in [5, 5.41) is 4.35. The molecule has 4 heteroatoms. The molecule has 0 saturated carbocycles. The first kappa shape index (κ1) is 16.0. The van der Waals surface area contributed by atoms with Gasteiger partial charge in [-0.05, 0) is 54.4 Å². The van der Waals surface area contributed by atoms with Crippen LogP contribution in [-0.4, -0.2) is 6.54 Å². The maximum atomic E-state index is 5.98. The lowest BCUT2D eigenvalue weighted by atomic mass is 9.98. The van der Waals surface area contributed by atoms with Crippen molar-refractivity contribution in [2.24, 2.45) is 0 Å². The molecule has 0 amide bonds. The highest BCUT2D eigenvalue weighted by Crippen LogP contribution is 2.29. The van der Waals surface area contributed by atoms with E-state index in [0.29, 0.717) is 0 Å². The Labute approximate surface area is 142 Å². The van der Waals surface area contributed by atoms with E-state index in [9.17, 15) is 0 Å². The van der Waals surface area contributed by atoms with Crippen molar-refractivity contribution >= 4 is 43.5 Å². The second-order valence-electron chi connectivity index (χ2n) is 4.64. The molecule has 0 fully saturated rings. The molecule has 0 saturated heterocycles. The van der Waals surface area contributed by atoms with E-state index < -0.39 is 0 Å². The summed E-state index contributed by atoms with van der Waals surface area (Å²) in [6.45, 7) is 3.14. The second kappa shape index (κ2) is 7.60. The van der Waals surface area contributed by atoms with Crippen molar-refractivity contribution < 1.29 is 0 Å². The molecule has 0 aliphatic carbocycles. The van der Waals surface area contributed by atoms with Gasteiger partial charge < -0.3 is 5.32 Å². The van der Waals surface area contributed by atoms with Crippen LogP contribution in [0.25, 0.3) is 0 Å². The van der Waals surface area contributed by atoms with Crippen molar-refractivity contribution in [3.05, 3.63) is 67.6 Å². The fourth-order valence-electron chi connectivity index (χ4n) is 2.11. The molecule has 0 bridgehead atoms. The number of nitrogens with one attached hydrogen (secondary N) is 1. The quantitative estimate of drug-likeness (QED) is 0.633. The number of halogens is 3. The van der Waals surface area contributed by atoms with Crippen molar-refractivity contribution in [2.75, 3.05) is 6.54 Å². The van der Waals surface area contributed by atoms with Crippen LogP contribution in [0.5, 0.6) is 0 Å². The Morgan fingerprint density at radius 2 is 1.60 bits per heavy atom. The van der Waals surface area contributed by atoms with Crippen LogP contribution in [-0.2, 0) is 0 Å². The topological polar surface area (TPSA) is 12.0 Å². The molecule has 20 heavy (non-hydrogen) atoms. The molecular formula is C16H16Br2ClN. The molecule has 2 aromatic carbocycles. The van der Waals surface area contributed by atoms with Gasteiger partial charge in [0.25, 0.3) is 0 Å². The summed E-state index contributed by atoms with van der Waals surface area (Å²) in [7, 11) is 0. The van der Waals surface area contributed by atoms with E-state index in [2.05, 4.69) is 68.4 Å². The van der Waals surface area contributed by atoms with E-state index in [1.807, 2.05) is 18.2 Å². The molecule has 0 aliphatic heterocycles. The van der Waals surface area contributed by atoms with Gasteiger partial charge >= 0.3 is 0 Å². The molecule has 2 rings (SSSR count).